The lowest BCUT2D eigenvalue weighted by Gasteiger charge is -2.39. The largest absolute Gasteiger partial charge is 0.502 e. The summed E-state index contributed by atoms with van der Waals surface area (Å²) in [6.45, 7) is -0.206. The van der Waals surface area contributed by atoms with Gasteiger partial charge in [0.05, 0.1) is 27.4 Å². The Hall–Kier alpha value is -2.76. The number of aliphatic hydroxyl groups excluding tert-OH is 4. The van der Waals surface area contributed by atoms with Crippen LogP contribution in [0, 0.1) is 0 Å². The third-order valence-electron chi connectivity index (χ3n) is 6.03. The number of phenols is 1. The van der Waals surface area contributed by atoms with Gasteiger partial charge in [-0.05, 0) is 24.1 Å². The van der Waals surface area contributed by atoms with Gasteiger partial charge in [0.15, 0.2) is 11.5 Å². The lowest BCUT2D eigenvalue weighted by Crippen LogP contribution is -2.60. The SMILES string of the molecule is COc1ccc([C@H]2COc3cc(O[C@@H]4O[C@H](CO)[C@@H](O)[C@H](O)[C@@H]4O)ccc3C2)c(OC)c1O. The average Bonchev–Trinajstić information content (AvgIpc) is 2.83. The Labute approximate surface area is 190 Å². The van der Waals surface area contributed by atoms with Crippen LogP contribution in [0.2, 0.25) is 0 Å². The Morgan fingerprint density at radius 1 is 1.00 bits per heavy atom. The number of methoxy groups -OCH3 is 2. The molecule has 2 aromatic carbocycles. The molecule has 1 fully saturated rings. The molecule has 5 N–H and O–H groups in total. The van der Waals surface area contributed by atoms with Crippen molar-refractivity contribution in [3.63, 3.8) is 0 Å². The van der Waals surface area contributed by atoms with Gasteiger partial charge in [0.2, 0.25) is 12.0 Å². The number of hydrogen-bond donors (Lipinski definition) is 5. The maximum absolute atomic E-state index is 10.4. The maximum Gasteiger partial charge on any atom is 0.229 e. The summed E-state index contributed by atoms with van der Waals surface area (Å²) < 4.78 is 27.6. The van der Waals surface area contributed by atoms with Crippen molar-refractivity contribution < 1.29 is 49.2 Å². The Morgan fingerprint density at radius 3 is 2.48 bits per heavy atom. The maximum atomic E-state index is 10.4. The molecular formula is C23H28O10. The summed E-state index contributed by atoms with van der Waals surface area (Å²) >= 11 is 0. The van der Waals surface area contributed by atoms with E-state index in [9.17, 15) is 25.5 Å². The van der Waals surface area contributed by atoms with Crippen LogP contribution in [0.4, 0.5) is 0 Å². The highest BCUT2D eigenvalue weighted by Crippen LogP contribution is 2.44. The van der Waals surface area contributed by atoms with E-state index in [2.05, 4.69) is 0 Å². The quantitative estimate of drug-likeness (QED) is 0.405. The second-order valence-electron chi connectivity index (χ2n) is 8.04. The molecule has 0 saturated carbocycles. The second-order valence-corrected chi connectivity index (χ2v) is 8.04. The average molecular weight is 464 g/mol. The van der Waals surface area contributed by atoms with Gasteiger partial charge in [-0.3, -0.25) is 0 Å². The minimum absolute atomic E-state index is 0.0634. The first kappa shape index (κ1) is 23.4. The zero-order valence-electron chi connectivity index (χ0n) is 18.2. The van der Waals surface area contributed by atoms with E-state index >= 15 is 0 Å². The van der Waals surface area contributed by atoms with Crippen LogP contribution in [0.25, 0.3) is 0 Å². The Kier molecular flexibility index (Phi) is 6.82. The van der Waals surface area contributed by atoms with E-state index in [0.717, 1.165) is 11.1 Å². The number of benzene rings is 2. The number of rotatable bonds is 6. The van der Waals surface area contributed by atoms with E-state index in [-0.39, 0.29) is 11.7 Å². The number of aromatic hydroxyl groups is 1. The second kappa shape index (κ2) is 9.62. The number of ether oxygens (including phenoxy) is 5. The summed E-state index contributed by atoms with van der Waals surface area (Å²) in [6.07, 6.45) is -6.19. The normalized spacial score (nSPS) is 29.0. The van der Waals surface area contributed by atoms with E-state index in [4.69, 9.17) is 23.7 Å². The number of aliphatic hydroxyl groups is 4. The molecule has 10 nitrogen and oxygen atoms in total. The standard InChI is InChI=1S/C23H28O10/c1-29-15-6-5-14(22(30-2)19(15)26)12-7-11-3-4-13(8-16(11)31-10-12)32-23-21(28)20(27)18(25)17(9-24)33-23/h3-6,8,12,17-18,20-21,23-28H,7,9-10H2,1-2H3/t12-,17-,18-,20+,21+,23-/m1/s1. The molecule has 10 heteroatoms. The van der Waals surface area contributed by atoms with Gasteiger partial charge >= 0.3 is 0 Å². The molecule has 0 aromatic heterocycles. The minimum atomic E-state index is -1.52. The Morgan fingerprint density at radius 2 is 1.79 bits per heavy atom. The zero-order valence-corrected chi connectivity index (χ0v) is 18.2. The summed E-state index contributed by atoms with van der Waals surface area (Å²) in [5.41, 5.74) is 1.70. The minimum Gasteiger partial charge on any atom is -0.502 e. The summed E-state index contributed by atoms with van der Waals surface area (Å²) in [5.74, 6) is 1.45. The third kappa shape index (κ3) is 4.40. The molecule has 2 aliphatic heterocycles. The van der Waals surface area contributed by atoms with Crippen LogP contribution in [0.15, 0.2) is 30.3 Å². The van der Waals surface area contributed by atoms with Gasteiger partial charge < -0.3 is 49.2 Å². The molecule has 2 heterocycles. The monoisotopic (exact) mass is 464 g/mol. The lowest BCUT2D eigenvalue weighted by atomic mass is 9.89. The first-order valence-electron chi connectivity index (χ1n) is 10.5. The van der Waals surface area contributed by atoms with Crippen molar-refractivity contribution >= 4 is 0 Å². The van der Waals surface area contributed by atoms with Gasteiger partial charge in [0, 0.05) is 17.5 Å². The molecule has 0 bridgehead atoms. The highest BCUT2D eigenvalue weighted by atomic mass is 16.7. The van der Waals surface area contributed by atoms with Gasteiger partial charge in [-0.1, -0.05) is 12.1 Å². The number of fused-ring (bicyclic) bond motifs is 1. The van der Waals surface area contributed by atoms with Gasteiger partial charge in [-0.25, -0.2) is 0 Å². The molecule has 0 radical (unpaired) electrons. The molecule has 0 amide bonds. The van der Waals surface area contributed by atoms with Crippen LogP contribution in [0.3, 0.4) is 0 Å². The highest BCUT2D eigenvalue weighted by molar-refractivity contribution is 5.56. The molecule has 4 rings (SSSR count). The van der Waals surface area contributed by atoms with Gasteiger partial charge in [-0.2, -0.15) is 0 Å². The van der Waals surface area contributed by atoms with Crippen molar-refractivity contribution in [3.05, 3.63) is 41.5 Å². The molecule has 180 valence electrons. The summed E-state index contributed by atoms with van der Waals surface area (Å²) in [6, 6.07) is 8.66. The zero-order chi connectivity index (χ0) is 23.7. The van der Waals surface area contributed by atoms with Crippen molar-refractivity contribution in [1.29, 1.82) is 0 Å². The van der Waals surface area contributed by atoms with Crippen molar-refractivity contribution in [2.24, 2.45) is 0 Å². The fraction of sp³-hybridized carbons (Fsp3) is 0.478. The molecule has 0 spiro atoms. The first-order valence-corrected chi connectivity index (χ1v) is 10.5. The van der Waals surface area contributed by atoms with E-state index in [0.29, 0.717) is 36.0 Å². The summed E-state index contributed by atoms with van der Waals surface area (Å²) in [4.78, 5) is 0. The topological polar surface area (TPSA) is 147 Å². The fourth-order valence-corrected chi connectivity index (χ4v) is 4.19. The third-order valence-corrected chi connectivity index (χ3v) is 6.03. The van der Waals surface area contributed by atoms with Crippen LogP contribution < -0.4 is 18.9 Å². The molecule has 0 aliphatic carbocycles. The van der Waals surface area contributed by atoms with E-state index in [1.165, 1.54) is 14.2 Å². The lowest BCUT2D eigenvalue weighted by molar-refractivity contribution is -0.277. The van der Waals surface area contributed by atoms with Crippen LogP contribution in [-0.2, 0) is 11.2 Å². The molecule has 0 unspecified atom stereocenters. The molecule has 6 atom stereocenters. The summed E-state index contributed by atoms with van der Waals surface area (Å²) in [5, 5.41) is 49.7. The molecule has 33 heavy (non-hydrogen) atoms. The number of hydrogen-bond acceptors (Lipinski definition) is 10. The predicted octanol–water partition coefficient (Wildman–Crippen LogP) is 0.307. The van der Waals surface area contributed by atoms with Crippen LogP contribution in [0.1, 0.15) is 17.0 Å². The van der Waals surface area contributed by atoms with Crippen molar-refractivity contribution in [3.8, 4) is 28.7 Å². The van der Waals surface area contributed by atoms with Crippen LogP contribution in [0.5, 0.6) is 28.7 Å². The van der Waals surface area contributed by atoms with Gasteiger partial charge in [-0.15, -0.1) is 0 Å². The van der Waals surface area contributed by atoms with E-state index in [1.54, 1.807) is 18.2 Å². The smallest absolute Gasteiger partial charge is 0.229 e. The fourth-order valence-electron chi connectivity index (χ4n) is 4.19. The molecule has 2 aliphatic rings. The Bertz CT molecular complexity index is 978. The van der Waals surface area contributed by atoms with Crippen molar-refractivity contribution in [1.82, 2.24) is 0 Å². The van der Waals surface area contributed by atoms with E-state index < -0.39 is 37.3 Å². The summed E-state index contributed by atoms with van der Waals surface area (Å²) in [7, 11) is 2.95. The first-order chi connectivity index (χ1) is 15.9. The highest BCUT2D eigenvalue weighted by Gasteiger charge is 2.44. The van der Waals surface area contributed by atoms with Crippen LogP contribution in [-0.4, -0.2) is 83.7 Å². The van der Waals surface area contributed by atoms with Gasteiger partial charge in [0.1, 0.15) is 35.9 Å². The number of phenolic OH excluding ortho intramolecular Hbond substituents is 1. The van der Waals surface area contributed by atoms with E-state index in [1.807, 2.05) is 12.1 Å². The molecule has 1 saturated heterocycles. The van der Waals surface area contributed by atoms with Crippen LogP contribution >= 0.6 is 0 Å². The van der Waals surface area contributed by atoms with Crippen molar-refractivity contribution in [2.45, 2.75) is 43.0 Å². The van der Waals surface area contributed by atoms with Crippen molar-refractivity contribution in [2.75, 3.05) is 27.4 Å². The Balaban J connectivity index is 1.50. The van der Waals surface area contributed by atoms with Gasteiger partial charge in [0.25, 0.3) is 0 Å². The molecular weight excluding hydrogens is 436 g/mol. The molecule has 2 aromatic rings. The predicted molar refractivity (Wildman–Crippen MR) is 114 cm³/mol.